The second-order valence-electron chi connectivity index (χ2n) is 5.69. The van der Waals surface area contributed by atoms with Gasteiger partial charge in [0.05, 0.1) is 0 Å². The molecule has 0 spiro atoms. The van der Waals surface area contributed by atoms with E-state index in [-0.39, 0.29) is 0 Å². The van der Waals surface area contributed by atoms with Gasteiger partial charge in [-0.2, -0.15) is 0 Å². The zero-order chi connectivity index (χ0) is 9.90. The maximum atomic E-state index is 2.66. The zero-order valence-electron chi connectivity index (χ0n) is 9.77. The largest absolute Gasteiger partial charge is 0.301 e. The van der Waals surface area contributed by atoms with E-state index in [0.29, 0.717) is 5.41 Å². The van der Waals surface area contributed by atoms with E-state index in [4.69, 9.17) is 0 Å². The van der Waals surface area contributed by atoms with Crippen molar-refractivity contribution in [1.29, 1.82) is 0 Å². The molecule has 1 saturated heterocycles. The lowest BCUT2D eigenvalue weighted by Crippen LogP contribution is -2.39. The molecule has 0 N–H and O–H groups in total. The molecule has 0 radical (unpaired) electrons. The van der Waals surface area contributed by atoms with Crippen LogP contribution in [0.25, 0.3) is 0 Å². The van der Waals surface area contributed by atoms with Gasteiger partial charge in [-0.05, 0) is 44.7 Å². The molecule has 1 rings (SSSR count). The van der Waals surface area contributed by atoms with Gasteiger partial charge in [-0.15, -0.1) is 0 Å². The van der Waals surface area contributed by atoms with Gasteiger partial charge in [-0.3, -0.25) is 0 Å². The molecular weight excluding hydrogens is 158 g/mol. The average molecular weight is 183 g/mol. The topological polar surface area (TPSA) is 3.24 Å². The lowest BCUT2D eigenvalue weighted by Gasteiger charge is -2.35. The maximum Gasteiger partial charge on any atom is 0.00669 e. The van der Waals surface area contributed by atoms with E-state index in [0.717, 1.165) is 6.04 Å². The summed E-state index contributed by atoms with van der Waals surface area (Å²) in [6.45, 7) is 12.0. The summed E-state index contributed by atoms with van der Waals surface area (Å²) in [5.74, 6) is 0. The second kappa shape index (κ2) is 4.45. The Hall–Kier alpha value is -0.0400. The Bertz CT molecular complexity index is 146. The highest BCUT2D eigenvalue weighted by Crippen LogP contribution is 2.22. The molecular formula is C12H25N. The van der Waals surface area contributed by atoms with Crippen molar-refractivity contribution in [2.75, 3.05) is 13.1 Å². The van der Waals surface area contributed by atoms with Crippen molar-refractivity contribution < 1.29 is 0 Å². The third kappa shape index (κ3) is 4.12. The van der Waals surface area contributed by atoms with Gasteiger partial charge in [-0.1, -0.05) is 27.2 Å². The van der Waals surface area contributed by atoms with Crippen LogP contribution in [-0.4, -0.2) is 24.0 Å². The van der Waals surface area contributed by atoms with Crippen molar-refractivity contribution in [2.24, 2.45) is 5.41 Å². The lowest BCUT2D eigenvalue weighted by atomic mass is 9.91. The molecule has 78 valence electrons. The van der Waals surface area contributed by atoms with E-state index in [1.54, 1.807) is 0 Å². The molecule has 0 aliphatic carbocycles. The summed E-state index contributed by atoms with van der Waals surface area (Å²) < 4.78 is 0. The first kappa shape index (κ1) is 11.0. The second-order valence-corrected chi connectivity index (χ2v) is 5.69. The molecule has 13 heavy (non-hydrogen) atoms. The summed E-state index contributed by atoms with van der Waals surface area (Å²) in [5, 5.41) is 0. The predicted octanol–water partition coefficient (Wildman–Crippen LogP) is 3.30. The predicted molar refractivity (Wildman–Crippen MR) is 59.0 cm³/mol. The molecule has 1 aliphatic rings. The fourth-order valence-electron chi connectivity index (χ4n) is 1.97. The molecule has 0 aromatic heterocycles. The standard InChI is InChI=1S/C12H25N/c1-11-7-5-6-9-13(11)10-8-12(2,3)4/h11H,5-10H2,1-4H3/t11-/m1/s1. The van der Waals surface area contributed by atoms with Crippen molar-refractivity contribution in [1.82, 2.24) is 4.90 Å². The van der Waals surface area contributed by atoms with Gasteiger partial charge in [-0.25, -0.2) is 0 Å². The maximum absolute atomic E-state index is 2.66. The zero-order valence-corrected chi connectivity index (χ0v) is 9.77. The van der Waals surface area contributed by atoms with Crippen LogP contribution in [0.1, 0.15) is 53.4 Å². The monoisotopic (exact) mass is 183 g/mol. The van der Waals surface area contributed by atoms with Crippen LogP contribution in [-0.2, 0) is 0 Å². The van der Waals surface area contributed by atoms with Crippen LogP contribution in [0.4, 0.5) is 0 Å². The molecule has 0 bridgehead atoms. The van der Waals surface area contributed by atoms with E-state index in [1.165, 1.54) is 38.8 Å². The van der Waals surface area contributed by atoms with E-state index in [2.05, 4.69) is 32.6 Å². The third-order valence-corrected chi connectivity index (χ3v) is 3.09. The number of nitrogens with zero attached hydrogens (tertiary/aromatic N) is 1. The van der Waals surface area contributed by atoms with Gasteiger partial charge in [0.2, 0.25) is 0 Å². The molecule has 0 aromatic rings. The molecule has 0 unspecified atom stereocenters. The minimum absolute atomic E-state index is 0.497. The summed E-state index contributed by atoms with van der Waals surface area (Å²) in [7, 11) is 0. The Morgan fingerprint density at radius 3 is 2.46 bits per heavy atom. The Labute approximate surface area is 83.5 Å². The summed E-state index contributed by atoms with van der Waals surface area (Å²) in [4.78, 5) is 2.66. The fraction of sp³-hybridized carbons (Fsp3) is 1.00. The smallest absolute Gasteiger partial charge is 0.00669 e. The minimum atomic E-state index is 0.497. The van der Waals surface area contributed by atoms with Crippen LogP contribution in [0.5, 0.6) is 0 Å². The highest BCUT2D eigenvalue weighted by Gasteiger charge is 2.19. The summed E-state index contributed by atoms with van der Waals surface area (Å²) in [6.07, 6.45) is 5.59. The SMILES string of the molecule is C[C@@H]1CCCCN1CCC(C)(C)C. The Morgan fingerprint density at radius 1 is 1.23 bits per heavy atom. The van der Waals surface area contributed by atoms with Crippen molar-refractivity contribution in [3.8, 4) is 0 Å². The summed E-state index contributed by atoms with van der Waals surface area (Å²) in [6, 6.07) is 0.830. The Balaban J connectivity index is 2.27. The van der Waals surface area contributed by atoms with Gasteiger partial charge in [0.1, 0.15) is 0 Å². The highest BCUT2D eigenvalue weighted by atomic mass is 15.2. The van der Waals surface area contributed by atoms with Gasteiger partial charge in [0, 0.05) is 6.04 Å². The number of piperidine rings is 1. The minimum Gasteiger partial charge on any atom is -0.301 e. The van der Waals surface area contributed by atoms with Crippen molar-refractivity contribution in [3.63, 3.8) is 0 Å². The average Bonchev–Trinajstić information content (AvgIpc) is 2.01. The van der Waals surface area contributed by atoms with Crippen molar-refractivity contribution in [2.45, 2.75) is 59.4 Å². The summed E-state index contributed by atoms with van der Waals surface area (Å²) >= 11 is 0. The first-order valence-corrected chi connectivity index (χ1v) is 5.73. The lowest BCUT2D eigenvalue weighted by molar-refractivity contribution is 0.141. The quantitative estimate of drug-likeness (QED) is 0.635. The van der Waals surface area contributed by atoms with Gasteiger partial charge in [0.25, 0.3) is 0 Å². The molecule has 1 atom stereocenters. The highest BCUT2D eigenvalue weighted by molar-refractivity contribution is 4.74. The molecule has 1 heterocycles. The molecule has 1 nitrogen and oxygen atoms in total. The Morgan fingerprint density at radius 2 is 1.92 bits per heavy atom. The first-order valence-electron chi connectivity index (χ1n) is 5.73. The van der Waals surface area contributed by atoms with Crippen LogP contribution in [0, 0.1) is 5.41 Å². The summed E-state index contributed by atoms with van der Waals surface area (Å²) in [5.41, 5.74) is 0.497. The fourth-order valence-corrected chi connectivity index (χ4v) is 1.97. The van der Waals surface area contributed by atoms with Gasteiger partial charge in [0.15, 0.2) is 0 Å². The number of hydrogen-bond donors (Lipinski definition) is 0. The van der Waals surface area contributed by atoms with Crippen LogP contribution in [0.15, 0.2) is 0 Å². The first-order chi connectivity index (χ1) is 5.99. The number of likely N-dealkylation sites (tertiary alicyclic amines) is 1. The van der Waals surface area contributed by atoms with Crippen molar-refractivity contribution >= 4 is 0 Å². The van der Waals surface area contributed by atoms with E-state index in [9.17, 15) is 0 Å². The van der Waals surface area contributed by atoms with Gasteiger partial charge >= 0.3 is 0 Å². The van der Waals surface area contributed by atoms with E-state index < -0.39 is 0 Å². The van der Waals surface area contributed by atoms with Gasteiger partial charge < -0.3 is 4.90 Å². The molecule has 1 fully saturated rings. The molecule has 0 aromatic carbocycles. The number of hydrogen-bond acceptors (Lipinski definition) is 1. The van der Waals surface area contributed by atoms with Crippen LogP contribution < -0.4 is 0 Å². The van der Waals surface area contributed by atoms with E-state index >= 15 is 0 Å². The van der Waals surface area contributed by atoms with E-state index in [1.807, 2.05) is 0 Å². The van der Waals surface area contributed by atoms with Crippen LogP contribution in [0.3, 0.4) is 0 Å². The molecule has 1 aliphatic heterocycles. The van der Waals surface area contributed by atoms with Crippen LogP contribution in [0.2, 0.25) is 0 Å². The molecule has 0 amide bonds. The number of rotatable bonds is 2. The Kier molecular flexibility index (Phi) is 3.78. The molecule has 0 saturated carbocycles. The molecule has 1 heteroatoms. The normalized spacial score (nSPS) is 26.3. The third-order valence-electron chi connectivity index (χ3n) is 3.09. The van der Waals surface area contributed by atoms with Crippen molar-refractivity contribution in [3.05, 3.63) is 0 Å². The van der Waals surface area contributed by atoms with Crippen LogP contribution >= 0.6 is 0 Å².